The summed E-state index contributed by atoms with van der Waals surface area (Å²) >= 11 is 0. The highest BCUT2D eigenvalue weighted by Crippen LogP contribution is 2.49. The molecule has 0 fully saturated rings. The van der Waals surface area contributed by atoms with Crippen LogP contribution in [-0.2, 0) is 0 Å². The topological polar surface area (TPSA) is 15.8 Å². The van der Waals surface area contributed by atoms with E-state index < -0.39 is 0 Å². The van der Waals surface area contributed by atoms with Crippen LogP contribution in [0.2, 0.25) is 0 Å². The summed E-state index contributed by atoms with van der Waals surface area (Å²) in [5.41, 5.74) is 7.39. The number of aromatic amines is 1. The van der Waals surface area contributed by atoms with Crippen LogP contribution in [0.1, 0.15) is 0 Å². The van der Waals surface area contributed by atoms with E-state index in [-0.39, 0.29) is 0 Å². The number of hydrogen-bond donors (Lipinski definition) is 1. The Labute approximate surface area is 305 Å². The maximum Gasteiger partial charge on any atom is 0.0471 e. The van der Waals surface area contributed by atoms with Crippen LogP contribution >= 0.6 is 0 Å². The number of fused-ring (bicyclic) bond motifs is 14. The molecule has 1 nitrogen and oxygen atoms in total. The highest BCUT2D eigenvalue weighted by atomic mass is 14.7. The molecule has 1 heteroatoms. The number of nitrogens with one attached hydrogen (secondary N) is 1. The number of benzene rings is 11. The van der Waals surface area contributed by atoms with E-state index in [2.05, 4.69) is 187 Å². The minimum absolute atomic E-state index is 1.16. The van der Waals surface area contributed by atoms with Gasteiger partial charge in [-0.3, -0.25) is 0 Å². The van der Waals surface area contributed by atoms with Gasteiger partial charge in [-0.1, -0.05) is 152 Å². The van der Waals surface area contributed by atoms with Crippen LogP contribution in [0.5, 0.6) is 0 Å². The summed E-state index contributed by atoms with van der Waals surface area (Å²) in [6.45, 7) is 0. The van der Waals surface area contributed by atoms with Crippen molar-refractivity contribution in [3.63, 3.8) is 0 Å². The van der Waals surface area contributed by atoms with Gasteiger partial charge in [-0.25, -0.2) is 0 Å². The summed E-state index contributed by atoms with van der Waals surface area (Å²) in [5, 5.41) is 20.4. The fourth-order valence-electron chi connectivity index (χ4n) is 9.45. The first-order valence-corrected chi connectivity index (χ1v) is 18.4. The number of aromatic nitrogens is 1. The lowest BCUT2D eigenvalue weighted by Gasteiger charge is -2.20. The van der Waals surface area contributed by atoms with E-state index in [0.29, 0.717) is 0 Å². The summed E-state index contributed by atoms with van der Waals surface area (Å²) in [4.78, 5) is 3.71. The van der Waals surface area contributed by atoms with E-state index in [9.17, 15) is 0 Å². The normalized spacial score (nSPS) is 12.2. The van der Waals surface area contributed by atoms with Gasteiger partial charge in [-0.2, -0.15) is 0 Å². The maximum atomic E-state index is 3.71. The van der Waals surface area contributed by atoms with E-state index in [1.807, 2.05) is 0 Å². The first-order valence-electron chi connectivity index (χ1n) is 18.4. The molecule has 244 valence electrons. The molecular formula is C52H31N. The molecule has 1 N–H and O–H groups in total. The molecular weight excluding hydrogens is 639 g/mol. The van der Waals surface area contributed by atoms with Crippen molar-refractivity contribution < 1.29 is 0 Å². The van der Waals surface area contributed by atoms with Crippen LogP contribution in [0.15, 0.2) is 182 Å². The van der Waals surface area contributed by atoms with Gasteiger partial charge in [0.15, 0.2) is 0 Å². The molecule has 0 unspecified atom stereocenters. The Morgan fingerprint density at radius 1 is 0.264 bits per heavy atom. The Bertz CT molecular complexity index is 3450. The molecule has 0 radical (unpaired) electrons. The molecule has 53 heavy (non-hydrogen) atoms. The smallest absolute Gasteiger partial charge is 0.0471 e. The fourth-order valence-corrected chi connectivity index (χ4v) is 9.45. The predicted octanol–water partition coefficient (Wildman–Crippen LogP) is 14.7. The lowest BCUT2D eigenvalue weighted by Crippen LogP contribution is -1.93. The van der Waals surface area contributed by atoms with Crippen molar-refractivity contribution in [2.75, 3.05) is 0 Å². The zero-order valence-corrected chi connectivity index (χ0v) is 28.8. The summed E-state index contributed by atoms with van der Waals surface area (Å²) in [6, 6.07) is 67.6. The Kier molecular flexibility index (Phi) is 5.84. The number of H-pyrrole nitrogens is 1. The summed E-state index contributed by atoms with van der Waals surface area (Å²) in [5.74, 6) is 0. The van der Waals surface area contributed by atoms with Gasteiger partial charge in [0.05, 0.1) is 0 Å². The van der Waals surface area contributed by atoms with E-state index >= 15 is 0 Å². The average molecular weight is 670 g/mol. The number of rotatable bonds is 2. The Balaban J connectivity index is 1.21. The summed E-state index contributed by atoms with van der Waals surface area (Å²) in [6.07, 6.45) is 0. The van der Waals surface area contributed by atoms with Gasteiger partial charge in [0.2, 0.25) is 0 Å². The lowest BCUT2D eigenvalue weighted by molar-refractivity contribution is 1.55. The molecule has 0 saturated heterocycles. The quantitative estimate of drug-likeness (QED) is 0.139. The van der Waals surface area contributed by atoms with Crippen LogP contribution in [0, 0.1) is 0 Å². The van der Waals surface area contributed by atoms with Gasteiger partial charge >= 0.3 is 0 Å². The van der Waals surface area contributed by atoms with Gasteiger partial charge in [-0.15, -0.1) is 0 Å². The van der Waals surface area contributed by atoms with Crippen LogP contribution in [0.4, 0.5) is 0 Å². The van der Waals surface area contributed by atoms with Crippen molar-refractivity contribution in [1.29, 1.82) is 0 Å². The Morgan fingerprint density at radius 3 is 1.36 bits per heavy atom. The summed E-state index contributed by atoms with van der Waals surface area (Å²) < 4.78 is 0. The lowest BCUT2D eigenvalue weighted by atomic mass is 9.82. The first-order chi connectivity index (χ1) is 26.3. The van der Waals surface area contributed by atoms with Crippen molar-refractivity contribution in [2.24, 2.45) is 0 Å². The molecule has 0 spiro atoms. The van der Waals surface area contributed by atoms with E-state index in [4.69, 9.17) is 0 Å². The molecule has 12 rings (SSSR count). The minimum Gasteiger partial charge on any atom is -0.354 e. The van der Waals surface area contributed by atoms with Crippen molar-refractivity contribution >= 4 is 97.2 Å². The highest BCUT2D eigenvalue weighted by molar-refractivity contribution is 6.34. The van der Waals surface area contributed by atoms with Crippen molar-refractivity contribution in [3.8, 4) is 22.3 Å². The van der Waals surface area contributed by atoms with Crippen LogP contribution < -0.4 is 0 Å². The highest BCUT2D eigenvalue weighted by Gasteiger charge is 2.21. The zero-order chi connectivity index (χ0) is 34.6. The molecule has 1 heterocycles. The van der Waals surface area contributed by atoms with Gasteiger partial charge < -0.3 is 4.98 Å². The largest absolute Gasteiger partial charge is 0.354 e. The Morgan fingerprint density at radius 2 is 0.717 bits per heavy atom. The molecule has 1 aromatic heterocycles. The maximum absolute atomic E-state index is 3.71. The van der Waals surface area contributed by atoms with Gasteiger partial charge in [-0.05, 0) is 128 Å². The monoisotopic (exact) mass is 669 g/mol. The second-order valence-corrected chi connectivity index (χ2v) is 14.5. The standard InChI is InChI=1S/C52H31N/c1-2-14-32-29-49-45(27-31(32)13-1)44-28-33(25-26-48(44)53-49)50-40-21-9-11-23-42(40)52(43-24-12-10-22-41(43)50)47-30-46-36-17-4-3-15-34(36)35-16-5-7-19-38(35)51(46)39-20-8-6-18-37(39)47/h1-30,53H. The van der Waals surface area contributed by atoms with E-state index in [1.165, 1.54) is 114 Å². The third kappa shape index (κ3) is 4.02. The molecule has 0 atom stereocenters. The van der Waals surface area contributed by atoms with E-state index in [0.717, 1.165) is 5.52 Å². The Hall–Kier alpha value is -6.96. The zero-order valence-electron chi connectivity index (χ0n) is 28.8. The van der Waals surface area contributed by atoms with Crippen molar-refractivity contribution in [1.82, 2.24) is 4.98 Å². The molecule has 11 aromatic carbocycles. The van der Waals surface area contributed by atoms with Crippen molar-refractivity contribution in [2.45, 2.75) is 0 Å². The van der Waals surface area contributed by atoms with Crippen LogP contribution in [-0.4, -0.2) is 4.98 Å². The van der Waals surface area contributed by atoms with Gasteiger partial charge in [0.25, 0.3) is 0 Å². The van der Waals surface area contributed by atoms with E-state index in [1.54, 1.807) is 0 Å². The third-order valence-electron chi connectivity index (χ3n) is 11.7. The molecule has 0 amide bonds. The van der Waals surface area contributed by atoms with Gasteiger partial charge in [0, 0.05) is 21.8 Å². The van der Waals surface area contributed by atoms with Crippen molar-refractivity contribution in [3.05, 3.63) is 182 Å². The SMILES string of the molecule is c1ccc2cc3c(cc2c1)[nH]c1ccc(-c2c4ccccc4c(-c4cc5c6ccccc6c6ccccc6c5c5ccccc45)c4ccccc24)cc13. The predicted molar refractivity (Wildman–Crippen MR) is 229 cm³/mol. The average Bonchev–Trinajstić information content (AvgIpc) is 3.58. The molecule has 12 aromatic rings. The minimum atomic E-state index is 1.16. The summed E-state index contributed by atoms with van der Waals surface area (Å²) in [7, 11) is 0. The molecule has 0 saturated carbocycles. The number of hydrogen-bond acceptors (Lipinski definition) is 0. The second-order valence-electron chi connectivity index (χ2n) is 14.5. The molecule has 0 aliphatic heterocycles. The second kappa shape index (κ2) is 10.8. The molecule has 0 bridgehead atoms. The first kappa shape index (κ1) is 28.7. The third-order valence-corrected chi connectivity index (χ3v) is 11.7. The molecule has 0 aliphatic rings. The van der Waals surface area contributed by atoms with Gasteiger partial charge in [0.1, 0.15) is 0 Å². The van der Waals surface area contributed by atoms with Crippen LogP contribution in [0.25, 0.3) is 119 Å². The van der Waals surface area contributed by atoms with Crippen LogP contribution in [0.3, 0.4) is 0 Å². The fraction of sp³-hybridized carbons (Fsp3) is 0. The molecule has 0 aliphatic carbocycles.